The van der Waals surface area contributed by atoms with E-state index in [-0.39, 0.29) is 0 Å². The first kappa shape index (κ1) is 11.1. The monoisotopic (exact) mass is 122 g/mol. The summed E-state index contributed by atoms with van der Waals surface area (Å²) in [6.07, 6.45) is 9.02. The largest absolute Gasteiger partial charge is 0.0991 e. The average Bonchev–Trinajstić information content (AvgIpc) is 1.94. The summed E-state index contributed by atoms with van der Waals surface area (Å²) >= 11 is 0. The maximum atomic E-state index is 3.49. The first-order valence-electron chi connectivity index (χ1n) is 2.86. The molecule has 0 saturated carbocycles. The normalized spacial score (nSPS) is 9.22. The van der Waals surface area contributed by atoms with E-state index in [1.807, 2.05) is 18.2 Å². The summed E-state index contributed by atoms with van der Waals surface area (Å²) in [5.74, 6) is 0. The third kappa shape index (κ3) is 19.0. The second-order valence-corrected chi connectivity index (χ2v) is 1.05. The SMILES string of the molecule is [CH2]/C=C\C=C/C=C.[CH2]C. The summed E-state index contributed by atoms with van der Waals surface area (Å²) in [5, 5.41) is 0. The van der Waals surface area contributed by atoms with Gasteiger partial charge in [0.1, 0.15) is 0 Å². The van der Waals surface area contributed by atoms with Crippen LogP contribution in [0.1, 0.15) is 6.92 Å². The molecule has 0 aliphatic heterocycles. The predicted octanol–water partition coefficient (Wildman–Crippen LogP) is 2.96. The molecule has 0 heterocycles. The fourth-order valence-electron chi connectivity index (χ4n) is 0.221. The molecule has 0 nitrogen and oxygen atoms in total. The topological polar surface area (TPSA) is 0 Å². The molecular weight excluding hydrogens is 108 g/mol. The van der Waals surface area contributed by atoms with Crippen molar-refractivity contribution in [1.82, 2.24) is 0 Å². The van der Waals surface area contributed by atoms with E-state index in [1.54, 1.807) is 19.1 Å². The van der Waals surface area contributed by atoms with Gasteiger partial charge in [0.05, 0.1) is 0 Å². The highest BCUT2D eigenvalue weighted by Gasteiger charge is 1.52. The Balaban J connectivity index is 0. The second kappa shape index (κ2) is 15.7. The Hall–Kier alpha value is -0.780. The van der Waals surface area contributed by atoms with Gasteiger partial charge in [0.2, 0.25) is 0 Å². The van der Waals surface area contributed by atoms with Crippen LogP contribution in [0.25, 0.3) is 0 Å². The quantitative estimate of drug-likeness (QED) is 0.494. The van der Waals surface area contributed by atoms with Crippen molar-refractivity contribution < 1.29 is 0 Å². The van der Waals surface area contributed by atoms with Gasteiger partial charge in [-0.25, -0.2) is 0 Å². The lowest BCUT2D eigenvalue weighted by molar-refractivity contribution is 1.81. The second-order valence-electron chi connectivity index (χ2n) is 1.05. The Morgan fingerprint density at radius 2 is 1.56 bits per heavy atom. The summed E-state index contributed by atoms with van der Waals surface area (Å²) in [5.41, 5.74) is 0. The number of allylic oxidation sites excluding steroid dienone is 5. The van der Waals surface area contributed by atoms with E-state index in [4.69, 9.17) is 0 Å². The van der Waals surface area contributed by atoms with E-state index in [1.165, 1.54) is 0 Å². The van der Waals surface area contributed by atoms with E-state index >= 15 is 0 Å². The van der Waals surface area contributed by atoms with Crippen LogP contribution in [0, 0.1) is 13.8 Å². The van der Waals surface area contributed by atoms with E-state index in [9.17, 15) is 0 Å². The molecule has 0 saturated heterocycles. The van der Waals surface area contributed by atoms with Crippen molar-refractivity contribution in [3.8, 4) is 0 Å². The van der Waals surface area contributed by atoms with Crippen LogP contribution < -0.4 is 0 Å². The van der Waals surface area contributed by atoms with Crippen molar-refractivity contribution in [2.75, 3.05) is 0 Å². The fourth-order valence-corrected chi connectivity index (χ4v) is 0.221. The minimum Gasteiger partial charge on any atom is -0.0991 e. The van der Waals surface area contributed by atoms with Crippen molar-refractivity contribution in [2.24, 2.45) is 0 Å². The third-order valence-corrected chi connectivity index (χ3v) is 0.494. The summed E-state index contributed by atoms with van der Waals surface area (Å²) < 4.78 is 0. The highest BCUT2D eigenvalue weighted by atomic mass is 13.6. The van der Waals surface area contributed by atoms with Gasteiger partial charge in [0, 0.05) is 0 Å². The first-order chi connectivity index (χ1) is 4.41. The summed E-state index contributed by atoms with van der Waals surface area (Å²) in [7, 11) is 0. The molecule has 0 rings (SSSR count). The molecular formula is C9H14. The van der Waals surface area contributed by atoms with Crippen LogP contribution in [0.5, 0.6) is 0 Å². The summed E-state index contributed by atoms with van der Waals surface area (Å²) in [6, 6.07) is 0. The standard InChI is InChI=1S/C7H9.C2H5/c1-3-5-7-6-4-2;1-2/h3-7H,1-2H2;1H2,2H3/b5-3-,7-6-;. The molecule has 0 atom stereocenters. The number of hydrogen-bond acceptors (Lipinski definition) is 0. The van der Waals surface area contributed by atoms with E-state index < -0.39 is 0 Å². The molecule has 50 valence electrons. The van der Waals surface area contributed by atoms with Crippen molar-refractivity contribution in [3.63, 3.8) is 0 Å². The Kier molecular flexibility index (Phi) is 19.3. The summed E-state index contributed by atoms with van der Waals surface area (Å²) in [6.45, 7) is 12.0. The molecule has 0 unspecified atom stereocenters. The molecule has 0 N–H and O–H groups in total. The Morgan fingerprint density at radius 3 is 1.89 bits per heavy atom. The molecule has 0 aliphatic carbocycles. The molecule has 0 heteroatoms. The zero-order valence-corrected chi connectivity index (χ0v) is 6.01. The fraction of sp³-hybridized carbons (Fsp3) is 0.111. The van der Waals surface area contributed by atoms with Crippen LogP contribution in [0.2, 0.25) is 0 Å². The van der Waals surface area contributed by atoms with E-state index in [0.717, 1.165) is 0 Å². The molecule has 0 aromatic rings. The molecule has 0 spiro atoms. The molecule has 0 aliphatic rings. The van der Waals surface area contributed by atoms with Crippen LogP contribution >= 0.6 is 0 Å². The minimum absolute atomic E-state index is 1.72. The van der Waals surface area contributed by atoms with Crippen molar-refractivity contribution in [2.45, 2.75) is 6.92 Å². The van der Waals surface area contributed by atoms with Gasteiger partial charge in [-0.2, -0.15) is 0 Å². The molecule has 0 bridgehead atoms. The zero-order chi connectivity index (χ0) is 7.54. The maximum Gasteiger partial charge on any atom is -0.0313 e. The van der Waals surface area contributed by atoms with Gasteiger partial charge in [0.25, 0.3) is 0 Å². The molecule has 0 aromatic heterocycles. The molecule has 0 amide bonds. The minimum atomic E-state index is 1.72. The van der Waals surface area contributed by atoms with Gasteiger partial charge < -0.3 is 0 Å². The lowest BCUT2D eigenvalue weighted by Gasteiger charge is -1.65. The summed E-state index contributed by atoms with van der Waals surface area (Å²) in [4.78, 5) is 0. The van der Waals surface area contributed by atoms with E-state index in [0.29, 0.717) is 0 Å². The van der Waals surface area contributed by atoms with Crippen molar-refractivity contribution in [1.29, 1.82) is 0 Å². The van der Waals surface area contributed by atoms with Gasteiger partial charge in [-0.1, -0.05) is 50.8 Å². The van der Waals surface area contributed by atoms with Crippen LogP contribution in [-0.2, 0) is 0 Å². The predicted molar refractivity (Wildman–Crippen MR) is 44.9 cm³/mol. The molecule has 2 radical (unpaired) electrons. The van der Waals surface area contributed by atoms with Crippen LogP contribution in [0.3, 0.4) is 0 Å². The van der Waals surface area contributed by atoms with E-state index in [2.05, 4.69) is 20.4 Å². The first-order valence-corrected chi connectivity index (χ1v) is 2.86. The third-order valence-electron chi connectivity index (χ3n) is 0.494. The van der Waals surface area contributed by atoms with Crippen molar-refractivity contribution >= 4 is 0 Å². The highest BCUT2D eigenvalue weighted by Crippen LogP contribution is 1.74. The lowest BCUT2D eigenvalue weighted by atomic mass is 10.4. The number of rotatable bonds is 2. The highest BCUT2D eigenvalue weighted by molar-refractivity contribution is 5.09. The van der Waals surface area contributed by atoms with Gasteiger partial charge >= 0.3 is 0 Å². The van der Waals surface area contributed by atoms with Crippen LogP contribution in [0.15, 0.2) is 37.0 Å². The Bertz CT molecular complexity index is 86.2. The molecule has 0 fully saturated rings. The molecule has 9 heavy (non-hydrogen) atoms. The lowest BCUT2D eigenvalue weighted by Crippen LogP contribution is -1.43. The van der Waals surface area contributed by atoms with Crippen LogP contribution in [0.4, 0.5) is 0 Å². The average molecular weight is 122 g/mol. The van der Waals surface area contributed by atoms with Crippen molar-refractivity contribution in [3.05, 3.63) is 50.8 Å². The Labute approximate surface area is 58.6 Å². The maximum absolute atomic E-state index is 3.49. The Morgan fingerprint density at radius 1 is 1.00 bits per heavy atom. The van der Waals surface area contributed by atoms with Gasteiger partial charge in [-0.3, -0.25) is 0 Å². The van der Waals surface area contributed by atoms with Gasteiger partial charge in [0.15, 0.2) is 0 Å². The smallest absolute Gasteiger partial charge is 0.0313 e. The van der Waals surface area contributed by atoms with Gasteiger partial charge in [-0.15, -0.1) is 0 Å². The number of hydrogen-bond donors (Lipinski definition) is 0. The zero-order valence-electron chi connectivity index (χ0n) is 6.01. The van der Waals surface area contributed by atoms with Gasteiger partial charge in [-0.05, 0) is 6.92 Å². The molecule has 0 aromatic carbocycles. The van der Waals surface area contributed by atoms with Crippen LogP contribution in [-0.4, -0.2) is 0 Å².